The molecule has 1 aromatic carbocycles. The van der Waals surface area contributed by atoms with E-state index < -0.39 is 62.3 Å². The van der Waals surface area contributed by atoms with Gasteiger partial charge >= 0.3 is 6.18 Å². The van der Waals surface area contributed by atoms with Gasteiger partial charge in [0.2, 0.25) is 5.91 Å². The van der Waals surface area contributed by atoms with Gasteiger partial charge in [0.25, 0.3) is 5.92 Å². The van der Waals surface area contributed by atoms with Gasteiger partial charge in [-0.15, -0.1) is 0 Å². The fraction of sp³-hybridized carbons (Fsp3) is 0.519. The summed E-state index contributed by atoms with van der Waals surface area (Å²) in [5, 5.41) is 6.29. The number of nitrogens with one attached hydrogen (secondary N) is 2. The normalized spacial score (nSPS) is 31.6. The lowest BCUT2D eigenvalue weighted by molar-refractivity contribution is -0.181. The number of aromatic nitrogens is 3. The molecule has 42 heavy (non-hydrogen) atoms. The van der Waals surface area contributed by atoms with Crippen LogP contribution in [0.15, 0.2) is 36.5 Å². The number of fused-ring (bicyclic) bond motifs is 3. The maximum atomic E-state index is 15.2. The minimum atomic E-state index is -4.65. The van der Waals surface area contributed by atoms with Crippen LogP contribution in [0.25, 0.3) is 5.65 Å². The molecule has 2 aromatic heterocycles. The number of benzene rings is 1. The number of carbonyl (C=O) groups excluding carboxylic acids is 1. The first-order valence-electron chi connectivity index (χ1n) is 13.3. The van der Waals surface area contributed by atoms with Gasteiger partial charge in [-0.1, -0.05) is 23.7 Å². The van der Waals surface area contributed by atoms with Gasteiger partial charge in [-0.05, 0) is 50.8 Å². The molecule has 0 saturated heterocycles. The van der Waals surface area contributed by atoms with Crippen molar-refractivity contribution in [2.45, 2.75) is 67.8 Å². The first kappa shape index (κ1) is 29.1. The van der Waals surface area contributed by atoms with Crippen LogP contribution in [0.4, 0.5) is 33.3 Å². The molecule has 0 spiro atoms. The average Bonchev–Trinajstić information content (AvgIpc) is 3.40. The smallest absolute Gasteiger partial charge is 0.353 e. The summed E-state index contributed by atoms with van der Waals surface area (Å²) in [6.07, 6.45) is -0.764. The van der Waals surface area contributed by atoms with Crippen LogP contribution in [0, 0.1) is 10.2 Å². The molecule has 2 N–H and O–H groups in total. The molecule has 8 nitrogen and oxygen atoms in total. The molecule has 3 aliphatic rings. The molecule has 15 heteroatoms. The molecule has 2 saturated carbocycles. The van der Waals surface area contributed by atoms with Gasteiger partial charge < -0.3 is 10.2 Å². The number of amides is 1. The summed E-state index contributed by atoms with van der Waals surface area (Å²) in [4.78, 5) is 18.7. The number of halogens is 6. The molecule has 0 radical (unpaired) electrons. The number of hydrogen-bond acceptors (Lipinski definition) is 6. The van der Waals surface area contributed by atoms with E-state index in [-0.39, 0.29) is 27.7 Å². The Balaban J connectivity index is 1.27. The zero-order valence-electron chi connectivity index (χ0n) is 22.8. The molecule has 6 atom stereocenters. The summed E-state index contributed by atoms with van der Waals surface area (Å²) in [7, 11) is -2.80. The lowest BCUT2D eigenvalue weighted by atomic mass is 9.87. The number of alkyl halides is 5. The number of rotatable bonds is 5. The van der Waals surface area contributed by atoms with E-state index in [1.54, 1.807) is 0 Å². The highest BCUT2D eigenvalue weighted by atomic mass is 35.5. The lowest BCUT2D eigenvalue weighted by Gasteiger charge is -2.28. The van der Waals surface area contributed by atoms with E-state index in [0.29, 0.717) is 24.9 Å². The second-order valence-electron chi connectivity index (χ2n) is 12.0. The molecule has 3 unspecified atom stereocenters. The van der Waals surface area contributed by atoms with Crippen molar-refractivity contribution >= 4 is 44.3 Å². The third-order valence-corrected chi connectivity index (χ3v) is 11.1. The van der Waals surface area contributed by atoms with Gasteiger partial charge in [0, 0.05) is 45.6 Å². The maximum absolute atomic E-state index is 15.2. The van der Waals surface area contributed by atoms with E-state index in [1.807, 2.05) is 0 Å². The van der Waals surface area contributed by atoms with Gasteiger partial charge in [0.05, 0.1) is 23.5 Å². The largest absolute Gasteiger partial charge is 0.401 e. The Bertz CT molecular complexity index is 1710. The highest BCUT2D eigenvalue weighted by molar-refractivity contribution is 7.92. The van der Waals surface area contributed by atoms with E-state index in [9.17, 15) is 22.2 Å². The van der Waals surface area contributed by atoms with Crippen LogP contribution in [-0.2, 0) is 19.9 Å². The average molecular weight is 631 g/mol. The zero-order chi connectivity index (χ0) is 30.6. The van der Waals surface area contributed by atoms with E-state index >= 15 is 8.78 Å². The zero-order valence-corrected chi connectivity index (χ0v) is 24.4. The third kappa shape index (κ3) is 4.11. The maximum Gasteiger partial charge on any atom is 0.401 e. The molecular weight excluding hydrogens is 603 g/mol. The molecule has 2 aliphatic carbocycles. The van der Waals surface area contributed by atoms with Gasteiger partial charge in [0.15, 0.2) is 10.8 Å². The second kappa shape index (κ2) is 9.01. The van der Waals surface area contributed by atoms with Crippen LogP contribution >= 0.6 is 11.6 Å². The fourth-order valence-corrected chi connectivity index (χ4v) is 7.92. The van der Waals surface area contributed by atoms with Crippen molar-refractivity contribution in [2.75, 3.05) is 17.7 Å². The van der Waals surface area contributed by atoms with Gasteiger partial charge in [0.1, 0.15) is 10.8 Å². The summed E-state index contributed by atoms with van der Waals surface area (Å²) in [5.74, 6) is -5.60. The van der Waals surface area contributed by atoms with Crippen molar-refractivity contribution in [2.24, 2.45) is 5.41 Å². The number of anilines is 2. The third-order valence-electron chi connectivity index (χ3n) is 9.26. The molecular formula is C27H28ClF5N6O2S. The van der Waals surface area contributed by atoms with Crippen molar-refractivity contribution < 1.29 is 31.0 Å². The minimum Gasteiger partial charge on any atom is -0.353 e. The predicted molar refractivity (Wildman–Crippen MR) is 147 cm³/mol. The van der Waals surface area contributed by atoms with Crippen molar-refractivity contribution in [1.82, 2.24) is 19.9 Å². The van der Waals surface area contributed by atoms with E-state index in [2.05, 4.69) is 15.4 Å². The van der Waals surface area contributed by atoms with Crippen molar-refractivity contribution in [3.05, 3.63) is 52.9 Å². The fourth-order valence-electron chi connectivity index (χ4n) is 6.56. The monoisotopic (exact) mass is 630 g/mol. The highest BCUT2D eigenvalue weighted by Gasteiger charge is 2.82. The first-order chi connectivity index (χ1) is 19.4. The van der Waals surface area contributed by atoms with Crippen molar-refractivity contribution in [3.8, 4) is 0 Å². The van der Waals surface area contributed by atoms with Crippen LogP contribution < -0.4 is 10.2 Å². The summed E-state index contributed by atoms with van der Waals surface area (Å²) >= 11 is 5.96. The highest BCUT2D eigenvalue weighted by Crippen LogP contribution is 2.71. The summed E-state index contributed by atoms with van der Waals surface area (Å²) in [6.45, 7) is 1.77. The quantitative estimate of drug-likeness (QED) is 0.347. The van der Waals surface area contributed by atoms with Crippen LogP contribution in [0.2, 0.25) is 5.15 Å². The van der Waals surface area contributed by atoms with Crippen LogP contribution in [0.5, 0.6) is 0 Å². The molecule has 0 bridgehead atoms. The van der Waals surface area contributed by atoms with Crippen LogP contribution in [0.1, 0.15) is 50.3 Å². The molecule has 226 valence electrons. The summed E-state index contributed by atoms with van der Waals surface area (Å²) < 4.78 is 94.6. The number of hydrogen-bond donors (Lipinski definition) is 2. The summed E-state index contributed by atoms with van der Waals surface area (Å²) in [6, 6.07) is 6.66. The van der Waals surface area contributed by atoms with Crippen molar-refractivity contribution in [3.63, 3.8) is 0 Å². The Hall–Kier alpha value is -3.00. The van der Waals surface area contributed by atoms with E-state index in [0.717, 1.165) is 11.4 Å². The Morgan fingerprint density at radius 1 is 1.19 bits per heavy atom. The molecule has 1 amide bonds. The lowest BCUT2D eigenvalue weighted by Crippen LogP contribution is -2.43. The van der Waals surface area contributed by atoms with Gasteiger partial charge in [-0.3, -0.25) is 9.57 Å². The topological polar surface area (TPSA) is 103 Å². The molecule has 3 aromatic rings. The Morgan fingerprint density at radius 2 is 1.86 bits per heavy atom. The molecule has 1 aliphatic heterocycles. The van der Waals surface area contributed by atoms with Crippen LogP contribution in [0.3, 0.4) is 0 Å². The standard InChI is InChI=1S/C27H28ClF5N6O2S/c1-24(27(31,32)33)13-38(18-12-35-20-11-19(28)37-39(20)22(18)24)16-7-4-14(5-8-16)21-25(2,26(21,29)30)23(40)36-15-6-9-17(10-15)42(3,34)41/h4-5,7-8,11-12,15,17,21,34H,6,9-10,13H2,1-3H3,(H,36,40)/t15?,17?,21-,24-,25+,42?/m1/s1. The first-order valence-corrected chi connectivity index (χ1v) is 15.7. The number of carbonyl (C=O) groups is 1. The Kier molecular flexibility index (Phi) is 6.24. The predicted octanol–water partition coefficient (Wildman–Crippen LogP) is 5.81. The summed E-state index contributed by atoms with van der Waals surface area (Å²) in [5.41, 5.74) is -3.65. The Morgan fingerprint density at radius 3 is 2.45 bits per heavy atom. The molecule has 3 heterocycles. The van der Waals surface area contributed by atoms with E-state index in [1.165, 1.54) is 54.6 Å². The van der Waals surface area contributed by atoms with Gasteiger partial charge in [-0.25, -0.2) is 22.5 Å². The molecule has 2 fully saturated rings. The molecule has 6 rings (SSSR count). The van der Waals surface area contributed by atoms with Crippen LogP contribution in [-0.4, -0.2) is 60.9 Å². The van der Waals surface area contributed by atoms with E-state index in [4.69, 9.17) is 16.4 Å². The number of nitrogens with zero attached hydrogens (tertiary/aromatic N) is 4. The van der Waals surface area contributed by atoms with Gasteiger partial charge in [-0.2, -0.15) is 18.3 Å². The SMILES string of the molecule is C[C@@]1(C(F)(F)F)CN(c2ccc([C@H]3C(F)(F)[C@]3(C)C(=O)NC3CCC(S(C)(=N)=O)C3)cc2)c2cnc3cc(Cl)nn3c21. The second-order valence-corrected chi connectivity index (χ2v) is 14.9. The van der Waals surface area contributed by atoms with Crippen molar-refractivity contribution in [1.29, 1.82) is 4.78 Å². The minimum absolute atomic E-state index is 0.00481. The Labute approximate surface area is 243 Å².